The van der Waals surface area contributed by atoms with Crippen molar-refractivity contribution in [3.8, 4) is 0 Å². The van der Waals surface area contributed by atoms with Gasteiger partial charge in [-0.05, 0) is 36.8 Å². The van der Waals surface area contributed by atoms with Gasteiger partial charge in [0.1, 0.15) is 0 Å². The SMILES string of the molecule is Cc1ccccc1[C@H]1C2=C(CC(C)(C)CC2=O)Nc2onc(C)c21. The van der Waals surface area contributed by atoms with Crippen LogP contribution in [-0.2, 0) is 4.79 Å². The molecule has 0 unspecified atom stereocenters. The van der Waals surface area contributed by atoms with Crippen LogP contribution in [0.2, 0.25) is 0 Å². The Labute approximate surface area is 141 Å². The number of fused-ring (bicyclic) bond motifs is 1. The number of aromatic nitrogens is 1. The van der Waals surface area contributed by atoms with Crippen molar-refractivity contribution in [3.63, 3.8) is 0 Å². The molecule has 1 aromatic carbocycles. The summed E-state index contributed by atoms with van der Waals surface area (Å²) >= 11 is 0. The van der Waals surface area contributed by atoms with Crippen molar-refractivity contribution >= 4 is 11.7 Å². The summed E-state index contributed by atoms with van der Waals surface area (Å²) in [6, 6.07) is 8.27. The molecule has 0 bridgehead atoms. The van der Waals surface area contributed by atoms with Crippen LogP contribution in [0.15, 0.2) is 40.1 Å². The average molecular weight is 322 g/mol. The van der Waals surface area contributed by atoms with Gasteiger partial charge >= 0.3 is 0 Å². The van der Waals surface area contributed by atoms with E-state index in [2.05, 4.69) is 43.4 Å². The van der Waals surface area contributed by atoms with Gasteiger partial charge in [-0.15, -0.1) is 0 Å². The summed E-state index contributed by atoms with van der Waals surface area (Å²) in [6.45, 7) is 8.32. The molecule has 4 rings (SSSR count). The van der Waals surface area contributed by atoms with Gasteiger partial charge in [-0.3, -0.25) is 4.79 Å². The van der Waals surface area contributed by atoms with Gasteiger partial charge in [0.15, 0.2) is 5.78 Å². The van der Waals surface area contributed by atoms with Crippen LogP contribution in [0.3, 0.4) is 0 Å². The predicted molar refractivity (Wildman–Crippen MR) is 92.9 cm³/mol. The fraction of sp³-hybridized carbons (Fsp3) is 0.400. The smallest absolute Gasteiger partial charge is 0.233 e. The molecule has 1 aromatic heterocycles. The molecule has 0 fully saturated rings. The van der Waals surface area contributed by atoms with Gasteiger partial charge in [-0.25, -0.2) is 0 Å². The van der Waals surface area contributed by atoms with Gasteiger partial charge in [0.05, 0.1) is 11.3 Å². The third-order valence-electron chi connectivity index (χ3n) is 5.17. The monoisotopic (exact) mass is 322 g/mol. The molecular formula is C20H22N2O2. The van der Waals surface area contributed by atoms with Gasteiger partial charge in [-0.1, -0.05) is 43.3 Å². The summed E-state index contributed by atoms with van der Waals surface area (Å²) in [5.41, 5.74) is 6.03. The number of nitrogens with zero attached hydrogens (tertiary/aromatic N) is 1. The van der Waals surface area contributed by atoms with Crippen molar-refractivity contribution in [3.05, 3.63) is 57.9 Å². The maximum Gasteiger partial charge on any atom is 0.233 e. The molecule has 1 aliphatic heterocycles. The largest absolute Gasteiger partial charge is 0.338 e. The number of nitrogens with one attached hydrogen (secondary N) is 1. The number of carbonyl (C=O) groups is 1. The van der Waals surface area contributed by atoms with E-state index in [0.29, 0.717) is 12.3 Å². The zero-order chi connectivity index (χ0) is 17.1. The standard InChI is InChI=1S/C20H22N2O2/c1-11-7-5-6-8-13(11)17-16-12(2)22-24-19(16)21-14-9-20(3,4)10-15(23)18(14)17/h5-8,17,21H,9-10H2,1-4H3/t17-/m1/s1. The molecular weight excluding hydrogens is 300 g/mol. The first kappa shape index (κ1) is 15.2. The second kappa shape index (κ2) is 5.07. The number of benzene rings is 1. The molecule has 1 atom stereocenters. The Hall–Kier alpha value is -2.36. The van der Waals surface area contributed by atoms with E-state index in [4.69, 9.17) is 4.52 Å². The zero-order valence-corrected chi connectivity index (χ0v) is 14.6. The van der Waals surface area contributed by atoms with Gasteiger partial charge < -0.3 is 9.84 Å². The van der Waals surface area contributed by atoms with Crippen LogP contribution in [0.25, 0.3) is 0 Å². The van der Waals surface area contributed by atoms with Crippen molar-refractivity contribution in [2.75, 3.05) is 5.32 Å². The molecule has 0 saturated heterocycles. The third kappa shape index (κ3) is 2.20. The highest BCUT2D eigenvalue weighted by atomic mass is 16.5. The van der Waals surface area contributed by atoms with Crippen molar-refractivity contribution in [1.29, 1.82) is 0 Å². The first-order valence-corrected chi connectivity index (χ1v) is 8.42. The van der Waals surface area contributed by atoms with Gasteiger partial charge in [-0.2, -0.15) is 0 Å². The van der Waals surface area contributed by atoms with Crippen molar-refractivity contribution in [2.24, 2.45) is 5.41 Å². The number of allylic oxidation sites excluding steroid dienone is 2. The van der Waals surface area contributed by atoms with E-state index in [9.17, 15) is 4.79 Å². The molecule has 24 heavy (non-hydrogen) atoms. The minimum atomic E-state index is -0.0905. The number of aryl methyl sites for hydroxylation is 2. The van der Waals surface area contributed by atoms with Gasteiger partial charge in [0.25, 0.3) is 0 Å². The van der Waals surface area contributed by atoms with Crippen LogP contribution in [0.1, 0.15) is 55.0 Å². The molecule has 4 nitrogen and oxygen atoms in total. The molecule has 124 valence electrons. The van der Waals surface area contributed by atoms with E-state index < -0.39 is 0 Å². The Morgan fingerprint density at radius 3 is 2.71 bits per heavy atom. The van der Waals surface area contributed by atoms with Gasteiger partial charge in [0.2, 0.25) is 5.88 Å². The van der Waals surface area contributed by atoms with Crippen LogP contribution >= 0.6 is 0 Å². The number of hydrogen-bond acceptors (Lipinski definition) is 4. The lowest BCUT2D eigenvalue weighted by Gasteiger charge is -2.38. The number of rotatable bonds is 1. The second-order valence-electron chi connectivity index (χ2n) is 7.76. The van der Waals surface area contributed by atoms with Crippen LogP contribution in [0, 0.1) is 19.3 Å². The molecule has 0 radical (unpaired) electrons. The highest BCUT2D eigenvalue weighted by molar-refractivity contribution is 6.01. The normalized spacial score (nSPS) is 22.0. The lowest BCUT2D eigenvalue weighted by molar-refractivity contribution is -0.118. The highest BCUT2D eigenvalue weighted by Gasteiger charge is 2.43. The van der Waals surface area contributed by atoms with Crippen LogP contribution in [0.4, 0.5) is 5.88 Å². The highest BCUT2D eigenvalue weighted by Crippen LogP contribution is 2.50. The number of Topliss-reactive ketones (excluding diaryl/α,β-unsaturated/α-hetero) is 1. The summed E-state index contributed by atoms with van der Waals surface area (Å²) in [4.78, 5) is 13.0. The zero-order valence-electron chi connectivity index (χ0n) is 14.6. The fourth-order valence-electron chi connectivity index (χ4n) is 4.09. The molecule has 4 heteroatoms. The number of anilines is 1. The van der Waals surface area contributed by atoms with Crippen LogP contribution in [-0.4, -0.2) is 10.9 Å². The molecule has 2 aromatic rings. The molecule has 2 aliphatic rings. The summed E-state index contributed by atoms with van der Waals surface area (Å²) in [5, 5.41) is 7.50. The summed E-state index contributed by atoms with van der Waals surface area (Å²) in [5.74, 6) is 0.825. The summed E-state index contributed by atoms with van der Waals surface area (Å²) < 4.78 is 5.52. The summed E-state index contributed by atoms with van der Waals surface area (Å²) in [6.07, 6.45) is 1.42. The van der Waals surface area contributed by atoms with Crippen molar-refractivity contribution < 1.29 is 9.32 Å². The number of ketones is 1. The van der Waals surface area contributed by atoms with Crippen LogP contribution < -0.4 is 5.32 Å². The number of carbonyl (C=O) groups excluding carboxylic acids is 1. The Balaban J connectivity index is 1.97. The van der Waals surface area contributed by atoms with E-state index in [1.165, 1.54) is 5.56 Å². The third-order valence-corrected chi connectivity index (χ3v) is 5.17. The second-order valence-corrected chi connectivity index (χ2v) is 7.76. The van der Waals surface area contributed by atoms with Gasteiger partial charge in [0, 0.05) is 23.6 Å². The van der Waals surface area contributed by atoms with E-state index >= 15 is 0 Å². The quantitative estimate of drug-likeness (QED) is 0.840. The maximum absolute atomic E-state index is 13.0. The lowest BCUT2D eigenvalue weighted by Crippen LogP contribution is -2.33. The minimum absolute atomic E-state index is 0.0359. The van der Waals surface area contributed by atoms with E-state index in [0.717, 1.165) is 34.5 Å². The Morgan fingerprint density at radius 2 is 1.96 bits per heavy atom. The molecule has 2 heterocycles. The maximum atomic E-state index is 13.0. The van der Waals surface area contributed by atoms with Crippen molar-refractivity contribution in [1.82, 2.24) is 5.16 Å². The van der Waals surface area contributed by atoms with E-state index in [1.54, 1.807) is 0 Å². The Bertz CT molecular complexity index is 874. The topological polar surface area (TPSA) is 55.1 Å². The Kier molecular flexibility index (Phi) is 3.21. The van der Waals surface area contributed by atoms with Crippen molar-refractivity contribution in [2.45, 2.75) is 46.5 Å². The lowest BCUT2D eigenvalue weighted by atomic mass is 9.68. The van der Waals surface area contributed by atoms with E-state index in [1.807, 2.05) is 19.1 Å². The van der Waals surface area contributed by atoms with E-state index in [-0.39, 0.29) is 17.1 Å². The molecule has 0 amide bonds. The van der Waals surface area contributed by atoms with Crippen LogP contribution in [0.5, 0.6) is 0 Å². The molecule has 1 aliphatic carbocycles. The summed E-state index contributed by atoms with van der Waals surface area (Å²) in [7, 11) is 0. The first-order valence-electron chi connectivity index (χ1n) is 8.42. The molecule has 0 saturated carbocycles. The number of hydrogen-bond donors (Lipinski definition) is 1. The average Bonchev–Trinajstić information content (AvgIpc) is 2.86. The minimum Gasteiger partial charge on any atom is -0.338 e. The predicted octanol–water partition coefficient (Wildman–Crippen LogP) is 4.49. The first-order chi connectivity index (χ1) is 11.4. The molecule has 1 N–H and O–H groups in total. The molecule has 0 spiro atoms. The Morgan fingerprint density at radius 1 is 1.21 bits per heavy atom. The fourth-order valence-corrected chi connectivity index (χ4v) is 4.09.